The molecule has 1 amide bonds. The molecule has 8 heteroatoms. The summed E-state index contributed by atoms with van der Waals surface area (Å²) >= 11 is 5.66. The van der Waals surface area contributed by atoms with E-state index in [0.717, 1.165) is 5.69 Å². The minimum absolute atomic E-state index is 0.110. The van der Waals surface area contributed by atoms with E-state index in [0.29, 0.717) is 13.0 Å². The molecule has 0 saturated carbocycles. The Balaban J connectivity index is 2.04. The van der Waals surface area contributed by atoms with Crippen molar-refractivity contribution in [3.05, 3.63) is 63.2 Å². The van der Waals surface area contributed by atoms with Crippen LogP contribution in [0.3, 0.4) is 0 Å². The molecule has 0 bridgehead atoms. The molecule has 7 nitrogen and oxygen atoms in total. The number of carbonyl (C=O) groups excluding carboxylic acids is 1. The van der Waals surface area contributed by atoms with Crippen LogP contribution < -0.4 is 5.32 Å². The summed E-state index contributed by atoms with van der Waals surface area (Å²) < 4.78 is 0. The van der Waals surface area contributed by atoms with Gasteiger partial charge in [0, 0.05) is 31.1 Å². The summed E-state index contributed by atoms with van der Waals surface area (Å²) in [4.78, 5) is 29.9. The number of nitrogens with one attached hydrogen (secondary N) is 1. The second kappa shape index (κ2) is 6.76. The fraction of sp³-hybridized carbons (Fsp3) is 0.154. The van der Waals surface area contributed by atoms with Gasteiger partial charge in [-0.3, -0.25) is 19.9 Å². The fourth-order valence-corrected chi connectivity index (χ4v) is 1.96. The number of rotatable bonds is 5. The molecule has 0 aliphatic carbocycles. The predicted molar refractivity (Wildman–Crippen MR) is 76.2 cm³/mol. The Hall–Kier alpha value is -2.54. The second-order valence-electron chi connectivity index (χ2n) is 4.08. The minimum Gasteiger partial charge on any atom is -0.351 e. The van der Waals surface area contributed by atoms with Crippen molar-refractivity contribution in [2.24, 2.45) is 0 Å². The maximum atomic E-state index is 12.0. The van der Waals surface area contributed by atoms with Gasteiger partial charge in [0.1, 0.15) is 5.56 Å². The topological polar surface area (TPSA) is 98.0 Å². The SMILES string of the molecule is O=C(NCCc1ccccn1)c1ccnc(Cl)c1[N+](=O)[O-]. The summed E-state index contributed by atoms with van der Waals surface area (Å²) in [6.45, 7) is 0.312. The molecule has 1 N–H and O–H groups in total. The lowest BCUT2D eigenvalue weighted by Crippen LogP contribution is -2.26. The molecule has 0 aromatic carbocycles. The molecule has 0 radical (unpaired) electrons. The van der Waals surface area contributed by atoms with E-state index in [2.05, 4.69) is 15.3 Å². The first kappa shape index (κ1) is 14.9. The van der Waals surface area contributed by atoms with Crippen molar-refractivity contribution >= 4 is 23.2 Å². The predicted octanol–water partition coefficient (Wildman–Crippen LogP) is 2.01. The van der Waals surface area contributed by atoms with Crippen LogP contribution in [0.2, 0.25) is 5.15 Å². The van der Waals surface area contributed by atoms with Gasteiger partial charge in [0.2, 0.25) is 5.15 Å². The van der Waals surface area contributed by atoms with E-state index in [1.54, 1.807) is 12.3 Å². The molecule has 0 aliphatic heterocycles. The van der Waals surface area contributed by atoms with Crippen molar-refractivity contribution in [1.29, 1.82) is 0 Å². The van der Waals surface area contributed by atoms with Crippen LogP contribution in [0.25, 0.3) is 0 Å². The van der Waals surface area contributed by atoms with Gasteiger partial charge in [-0.25, -0.2) is 4.98 Å². The van der Waals surface area contributed by atoms with Crippen LogP contribution in [0.15, 0.2) is 36.7 Å². The maximum absolute atomic E-state index is 12.0. The van der Waals surface area contributed by atoms with Gasteiger partial charge in [-0.2, -0.15) is 0 Å². The third kappa shape index (κ3) is 3.73. The highest BCUT2D eigenvalue weighted by Crippen LogP contribution is 2.25. The number of hydrogen-bond acceptors (Lipinski definition) is 5. The van der Waals surface area contributed by atoms with E-state index in [9.17, 15) is 14.9 Å². The summed E-state index contributed by atoms with van der Waals surface area (Å²) in [6, 6.07) is 6.74. The number of amides is 1. The van der Waals surface area contributed by atoms with Crippen molar-refractivity contribution in [2.45, 2.75) is 6.42 Å². The highest BCUT2D eigenvalue weighted by molar-refractivity contribution is 6.32. The zero-order valence-electron chi connectivity index (χ0n) is 10.8. The maximum Gasteiger partial charge on any atom is 0.319 e. The summed E-state index contributed by atoms with van der Waals surface area (Å²) in [5, 5.41) is 13.2. The van der Waals surface area contributed by atoms with Crippen LogP contribution in [0.4, 0.5) is 5.69 Å². The first-order chi connectivity index (χ1) is 10.1. The summed E-state index contributed by atoms with van der Waals surface area (Å²) in [7, 11) is 0. The number of nitro groups is 1. The molecular weight excluding hydrogens is 296 g/mol. The van der Waals surface area contributed by atoms with Gasteiger partial charge in [-0.15, -0.1) is 0 Å². The lowest BCUT2D eigenvalue weighted by atomic mass is 10.2. The van der Waals surface area contributed by atoms with Gasteiger partial charge >= 0.3 is 5.69 Å². The van der Waals surface area contributed by atoms with E-state index < -0.39 is 16.5 Å². The first-order valence-electron chi connectivity index (χ1n) is 6.06. The third-order valence-corrected chi connectivity index (χ3v) is 2.98. The van der Waals surface area contributed by atoms with E-state index in [1.165, 1.54) is 12.3 Å². The number of hydrogen-bond donors (Lipinski definition) is 1. The minimum atomic E-state index is -0.719. The zero-order valence-corrected chi connectivity index (χ0v) is 11.6. The molecule has 2 aromatic rings. The number of nitrogens with zero attached hydrogens (tertiary/aromatic N) is 3. The molecule has 2 heterocycles. The molecule has 0 atom stereocenters. The van der Waals surface area contributed by atoms with Crippen LogP contribution >= 0.6 is 11.6 Å². The molecule has 0 aliphatic rings. The van der Waals surface area contributed by atoms with Gasteiger partial charge in [0.15, 0.2) is 0 Å². The normalized spacial score (nSPS) is 10.1. The fourth-order valence-electron chi connectivity index (χ4n) is 1.73. The van der Waals surface area contributed by atoms with Gasteiger partial charge in [-0.1, -0.05) is 17.7 Å². The highest BCUT2D eigenvalue weighted by Gasteiger charge is 2.24. The van der Waals surface area contributed by atoms with Gasteiger partial charge in [-0.05, 0) is 18.2 Å². The lowest BCUT2D eigenvalue weighted by Gasteiger charge is -2.06. The molecule has 0 unspecified atom stereocenters. The first-order valence-corrected chi connectivity index (χ1v) is 6.44. The Morgan fingerprint density at radius 2 is 2.10 bits per heavy atom. The van der Waals surface area contributed by atoms with E-state index in [-0.39, 0.29) is 10.7 Å². The van der Waals surface area contributed by atoms with Crippen LogP contribution in [0.5, 0.6) is 0 Å². The molecule has 108 valence electrons. The average Bonchev–Trinajstić information content (AvgIpc) is 2.47. The van der Waals surface area contributed by atoms with Gasteiger partial charge in [0.25, 0.3) is 5.91 Å². The molecule has 2 aromatic heterocycles. The molecule has 21 heavy (non-hydrogen) atoms. The van der Waals surface area contributed by atoms with E-state index in [4.69, 9.17) is 11.6 Å². The third-order valence-electron chi connectivity index (χ3n) is 2.70. The Kier molecular flexibility index (Phi) is 4.78. The van der Waals surface area contributed by atoms with Crippen molar-refractivity contribution in [3.8, 4) is 0 Å². The Labute approximate surface area is 125 Å². The molecular formula is C13H11ClN4O3. The monoisotopic (exact) mass is 306 g/mol. The molecule has 0 fully saturated rings. The van der Waals surface area contributed by atoms with Crippen molar-refractivity contribution in [3.63, 3.8) is 0 Å². The van der Waals surface area contributed by atoms with Crippen molar-refractivity contribution < 1.29 is 9.72 Å². The van der Waals surface area contributed by atoms with Crippen LogP contribution in [-0.4, -0.2) is 27.3 Å². The Bertz CT molecular complexity index is 664. The van der Waals surface area contributed by atoms with Crippen molar-refractivity contribution in [2.75, 3.05) is 6.54 Å². The van der Waals surface area contributed by atoms with Crippen LogP contribution in [-0.2, 0) is 6.42 Å². The Morgan fingerprint density at radius 3 is 2.76 bits per heavy atom. The Morgan fingerprint density at radius 1 is 1.29 bits per heavy atom. The largest absolute Gasteiger partial charge is 0.351 e. The molecule has 0 saturated heterocycles. The number of pyridine rings is 2. The molecule has 2 rings (SSSR count). The van der Waals surface area contributed by atoms with Gasteiger partial charge < -0.3 is 5.32 Å². The average molecular weight is 307 g/mol. The van der Waals surface area contributed by atoms with E-state index in [1.807, 2.05) is 12.1 Å². The van der Waals surface area contributed by atoms with Crippen LogP contribution in [0, 0.1) is 10.1 Å². The highest BCUT2D eigenvalue weighted by atomic mass is 35.5. The smallest absolute Gasteiger partial charge is 0.319 e. The van der Waals surface area contributed by atoms with E-state index >= 15 is 0 Å². The summed E-state index contributed by atoms with van der Waals surface area (Å²) in [5.41, 5.74) is 0.218. The summed E-state index contributed by atoms with van der Waals surface area (Å²) in [6.07, 6.45) is 3.44. The standard InChI is InChI=1S/C13H11ClN4O3/c14-12-11(18(20)21)10(5-8-16-12)13(19)17-7-4-9-3-1-2-6-15-9/h1-3,5-6,8H,4,7H2,(H,17,19). The second-order valence-corrected chi connectivity index (χ2v) is 4.44. The zero-order chi connectivity index (χ0) is 15.2. The quantitative estimate of drug-likeness (QED) is 0.517. The lowest BCUT2D eigenvalue weighted by molar-refractivity contribution is -0.385. The number of carbonyl (C=O) groups is 1. The number of halogens is 1. The summed E-state index contributed by atoms with van der Waals surface area (Å²) in [5.74, 6) is -0.568. The van der Waals surface area contributed by atoms with Crippen molar-refractivity contribution in [1.82, 2.24) is 15.3 Å². The number of aromatic nitrogens is 2. The molecule has 0 spiro atoms. The van der Waals surface area contributed by atoms with Gasteiger partial charge in [0.05, 0.1) is 4.92 Å². The van der Waals surface area contributed by atoms with Crippen LogP contribution in [0.1, 0.15) is 16.1 Å².